The van der Waals surface area contributed by atoms with E-state index in [4.69, 9.17) is 0 Å². The van der Waals surface area contributed by atoms with Crippen LogP contribution in [0.5, 0.6) is 0 Å². The molecule has 0 saturated heterocycles. The number of carbonyl (C=O) groups is 2. The molecule has 0 atom stereocenters. The SMILES string of the molecule is Cc1cc(NC(=O)CCCNC(=O)c2ccccc2)ccc1-n1cnnn1. The fraction of sp³-hybridized carbons (Fsp3) is 0.211. The van der Waals surface area contributed by atoms with Crippen molar-refractivity contribution in [1.29, 1.82) is 0 Å². The number of hydrogen-bond acceptors (Lipinski definition) is 5. The fourth-order valence-electron chi connectivity index (χ4n) is 2.63. The van der Waals surface area contributed by atoms with Gasteiger partial charge in [-0.15, -0.1) is 5.10 Å². The average molecular weight is 364 g/mol. The molecule has 0 aliphatic carbocycles. The number of hydrogen-bond donors (Lipinski definition) is 2. The Bertz CT molecular complexity index is 909. The van der Waals surface area contributed by atoms with Gasteiger partial charge >= 0.3 is 0 Å². The van der Waals surface area contributed by atoms with Gasteiger partial charge in [-0.25, -0.2) is 4.68 Å². The molecule has 0 fully saturated rings. The standard InChI is InChI=1S/C19H20N6O2/c1-14-12-16(9-10-17(14)25-13-21-23-24-25)22-18(26)8-5-11-20-19(27)15-6-3-2-4-7-15/h2-4,6-7,9-10,12-13H,5,8,11H2,1H3,(H,20,27)(H,22,26). The summed E-state index contributed by atoms with van der Waals surface area (Å²) >= 11 is 0. The van der Waals surface area contributed by atoms with Gasteiger partial charge in [-0.2, -0.15) is 0 Å². The highest BCUT2D eigenvalue weighted by Crippen LogP contribution is 2.18. The summed E-state index contributed by atoms with van der Waals surface area (Å²) in [6, 6.07) is 14.5. The first-order valence-corrected chi connectivity index (χ1v) is 8.60. The van der Waals surface area contributed by atoms with Crippen LogP contribution < -0.4 is 10.6 Å². The zero-order valence-electron chi connectivity index (χ0n) is 14.9. The molecule has 8 heteroatoms. The van der Waals surface area contributed by atoms with Crippen molar-refractivity contribution in [2.75, 3.05) is 11.9 Å². The number of tetrazole rings is 1. The topological polar surface area (TPSA) is 102 Å². The third-order valence-electron chi connectivity index (χ3n) is 3.98. The van der Waals surface area contributed by atoms with E-state index in [1.54, 1.807) is 22.9 Å². The minimum Gasteiger partial charge on any atom is -0.352 e. The van der Waals surface area contributed by atoms with Crippen molar-refractivity contribution in [2.45, 2.75) is 19.8 Å². The lowest BCUT2D eigenvalue weighted by Gasteiger charge is -2.09. The first-order valence-electron chi connectivity index (χ1n) is 8.60. The molecule has 27 heavy (non-hydrogen) atoms. The molecule has 0 radical (unpaired) electrons. The highest BCUT2D eigenvalue weighted by atomic mass is 16.2. The predicted molar refractivity (Wildman–Crippen MR) is 101 cm³/mol. The zero-order chi connectivity index (χ0) is 19.1. The van der Waals surface area contributed by atoms with E-state index in [0.29, 0.717) is 30.6 Å². The van der Waals surface area contributed by atoms with Crippen LogP contribution >= 0.6 is 0 Å². The molecule has 2 amide bonds. The molecule has 2 aromatic carbocycles. The van der Waals surface area contributed by atoms with Gasteiger partial charge in [0.05, 0.1) is 5.69 Å². The van der Waals surface area contributed by atoms with E-state index in [1.165, 1.54) is 6.33 Å². The lowest BCUT2D eigenvalue weighted by Crippen LogP contribution is -2.25. The summed E-state index contributed by atoms with van der Waals surface area (Å²) < 4.78 is 1.57. The van der Waals surface area contributed by atoms with Crippen molar-refractivity contribution in [3.05, 3.63) is 66.0 Å². The Morgan fingerprint density at radius 2 is 1.93 bits per heavy atom. The number of amides is 2. The van der Waals surface area contributed by atoms with Crippen molar-refractivity contribution < 1.29 is 9.59 Å². The second-order valence-electron chi connectivity index (χ2n) is 6.03. The van der Waals surface area contributed by atoms with E-state index in [9.17, 15) is 9.59 Å². The predicted octanol–water partition coefficient (Wildman–Crippen LogP) is 2.12. The van der Waals surface area contributed by atoms with Crippen LogP contribution in [-0.2, 0) is 4.79 Å². The second kappa shape index (κ2) is 8.70. The third kappa shape index (κ3) is 4.97. The molecular weight excluding hydrogens is 344 g/mol. The number of aryl methyl sites for hydroxylation is 1. The van der Waals surface area contributed by atoms with E-state index in [2.05, 4.69) is 26.2 Å². The van der Waals surface area contributed by atoms with Gasteiger partial charge in [0.25, 0.3) is 5.91 Å². The summed E-state index contributed by atoms with van der Waals surface area (Å²) in [7, 11) is 0. The Morgan fingerprint density at radius 1 is 1.11 bits per heavy atom. The van der Waals surface area contributed by atoms with E-state index in [0.717, 1.165) is 11.3 Å². The quantitative estimate of drug-likeness (QED) is 0.625. The van der Waals surface area contributed by atoms with Crippen molar-refractivity contribution >= 4 is 17.5 Å². The number of nitrogens with zero attached hydrogens (tertiary/aromatic N) is 4. The molecule has 0 bridgehead atoms. The van der Waals surface area contributed by atoms with E-state index < -0.39 is 0 Å². The molecule has 0 aliphatic heterocycles. The van der Waals surface area contributed by atoms with Gasteiger partial charge in [-0.1, -0.05) is 18.2 Å². The lowest BCUT2D eigenvalue weighted by atomic mass is 10.1. The van der Waals surface area contributed by atoms with E-state index >= 15 is 0 Å². The molecule has 138 valence electrons. The molecule has 3 rings (SSSR count). The van der Waals surface area contributed by atoms with Gasteiger partial charge in [-0.05, 0) is 59.7 Å². The molecule has 1 heterocycles. The first kappa shape index (κ1) is 18.2. The number of anilines is 1. The van der Waals surface area contributed by atoms with Crippen LogP contribution in [0.1, 0.15) is 28.8 Å². The molecule has 8 nitrogen and oxygen atoms in total. The van der Waals surface area contributed by atoms with Gasteiger partial charge in [0.1, 0.15) is 6.33 Å². The highest BCUT2D eigenvalue weighted by Gasteiger charge is 2.08. The molecule has 0 saturated carbocycles. The maximum atomic E-state index is 12.1. The molecular formula is C19H20N6O2. The molecule has 0 unspecified atom stereocenters. The van der Waals surface area contributed by atoms with E-state index in [1.807, 2.05) is 37.3 Å². The van der Waals surface area contributed by atoms with Crippen LogP contribution in [0.4, 0.5) is 5.69 Å². The summed E-state index contributed by atoms with van der Waals surface area (Å²) in [5.41, 5.74) is 3.11. The minimum absolute atomic E-state index is 0.0986. The van der Waals surface area contributed by atoms with Gasteiger partial charge < -0.3 is 10.6 Å². The maximum Gasteiger partial charge on any atom is 0.251 e. The largest absolute Gasteiger partial charge is 0.352 e. The van der Waals surface area contributed by atoms with Crippen LogP contribution in [0.15, 0.2) is 54.9 Å². The summed E-state index contributed by atoms with van der Waals surface area (Å²) in [6.45, 7) is 2.37. The Labute approximate surface area is 156 Å². The lowest BCUT2D eigenvalue weighted by molar-refractivity contribution is -0.116. The third-order valence-corrected chi connectivity index (χ3v) is 3.98. The molecule has 1 aromatic heterocycles. The molecule has 3 aromatic rings. The van der Waals surface area contributed by atoms with Gasteiger partial charge in [0.2, 0.25) is 5.91 Å². The Kier molecular flexibility index (Phi) is 5.88. The van der Waals surface area contributed by atoms with Crippen LogP contribution in [-0.4, -0.2) is 38.6 Å². The van der Waals surface area contributed by atoms with E-state index in [-0.39, 0.29) is 11.8 Å². The number of rotatable bonds is 7. The Balaban J connectivity index is 1.44. The minimum atomic E-state index is -0.134. The normalized spacial score (nSPS) is 10.4. The molecule has 0 spiro atoms. The Morgan fingerprint density at radius 3 is 2.63 bits per heavy atom. The average Bonchev–Trinajstić information content (AvgIpc) is 3.20. The van der Waals surface area contributed by atoms with Gasteiger partial charge in [0.15, 0.2) is 0 Å². The van der Waals surface area contributed by atoms with Crippen molar-refractivity contribution in [3.63, 3.8) is 0 Å². The molecule has 2 N–H and O–H groups in total. The zero-order valence-corrected chi connectivity index (χ0v) is 14.9. The summed E-state index contributed by atoms with van der Waals surface area (Å²) in [5, 5.41) is 16.8. The van der Waals surface area contributed by atoms with Crippen molar-refractivity contribution in [3.8, 4) is 5.69 Å². The second-order valence-corrected chi connectivity index (χ2v) is 6.03. The highest BCUT2D eigenvalue weighted by molar-refractivity contribution is 5.94. The number of nitrogens with one attached hydrogen (secondary N) is 2. The Hall–Kier alpha value is -3.55. The fourth-order valence-corrected chi connectivity index (χ4v) is 2.63. The summed E-state index contributed by atoms with van der Waals surface area (Å²) in [6.07, 6.45) is 2.40. The van der Waals surface area contributed by atoms with Crippen molar-refractivity contribution in [2.24, 2.45) is 0 Å². The maximum absolute atomic E-state index is 12.1. The van der Waals surface area contributed by atoms with Gasteiger partial charge in [0, 0.05) is 24.2 Å². The van der Waals surface area contributed by atoms with Crippen LogP contribution in [0.25, 0.3) is 5.69 Å². The number of carbonyl (C=O) groups excluding carboxylic acids is 2. The van der Waals surface area contributed by atoms with Crippen molar-refractivity contribution in [1.82, 2.24) is 25.5 Å². The van der Waals surface area contributed by atoms with Crippen LogP contribution in [0.2, 0.25) is 0 Å². The van der Waals surface area contributed by atoms with Crippen LogP contribution in [0.3, 0.4) is 0 Å². The summed E-state index contributed by atoms with van der Waals surface area (Å²) in [5.74, 6) is -0.233. The monoisotopic (exact) mass is 364 g/mol. The first-order chi connectivity index (χ1) is 13.1. The molecule has 0 aliphatic rings. The number of benzene rings is 2. The van der Waals surface area contributed by atoms with Crippen LogP contribution in [0, 0.1) is 6.92 Å². The summed E-state index contributed by atoms with van der Waals surface area (Å²) in [4.78, 5) is 24.0. The smallest absolute Gasteiger partial charge is 0.251 e. The number of aromatic nitrogens is 4. The van der Waals surface area contributed by atoms with Gasteiger partial charge in [-0.3, -0.25) is 9.59 Å².